The lowest BCUT2D eigenvalue weighted by Gasteiger charge is -2.38. The average Bonchev–Trinajstić information content (AvgIpc) is 2.83. The summed E-state index contributed by atoms with van der Waals surface area (Å²) < 4.78 is 0. The number of hydrogen-bond acceptors (Lipinski definition) is 3. The van der Waals surface area contributed by atoms with Crippen LogP contribution in [0.3, 0.4) is 0 Å². The Balaban J connectivity index is 1.96. The van der Waals surface area contributed by atoms with Gasteiger partial charge in [0.15, 0.2) is 0 Å². The van der Waals surface area contributed by atoms with E-state index in [2.05, 4.69) is 16.7 Å². The van der Waals surface area contributed by atoms with E-state index in [0.29, 0.717) is 12.6 Å². The Morgan fingerprint density at radius 1 is 1.33 bits per heavy atom. The fraction of sp³-hybridized carbons (Fsp3) is 0.929. The SMILES string of the molecule is CCC1CCCCN1C(=O)C(C)N1CCC(O)C1. The van der Waals surface area contributed by atoms with E-state index >= 15 is 0 Å². The molecule has 1 amide bonds. The Hall–Kier alpha value is -0.610. The first-order valence-electron chi connectivity index (χ1n) is 7.36. The second-order valence-electron chi connectivity index (χ2n) is 5.70. The minimum atomic E-state index is -0.247. The van der Waals surface area contributed by atoms with Crippen molar-refractivity contribution in [3.8, 4) is 0 Å². The molecule has 0 aliphatic carbocycles. The lowest BCUT2D eigenvalue weighted by Crippen LogP contribution is -2.51. The molecule has 0 aromatic rings. The van der Waals surface area contributed by atoms with Crippen LogP contribution in [-0.2, 0) is 4.79 Å². The quantitative estimate of drug-likeness (QED) is 0.824. The highest BCUT2D eigenvalue weighted by Gasteiger charge is 2.34. The number of amides is 1. The Kier molecular flexibility index (Phi) is 4.62. The van der Waals surface area contributed by atoms with E-state index in [1.54, 1.807) is 0 Å². The highest BCUT2D eigenvalue weighted by Crippen LogP contribution is 2.22. The third-order valence-corrected chi connectivity index (χ3v) is 4.48. The number of carbonyl (C=O) groups is 1. The summed E-state index contributed by atoms with van der Waals surface area (Å²) in [5, 5.41) is 9.57. The highest BCUT2D eigenvalue weighted by molar-refractivity contribution is 5.82. The van der Waals surface area contributed by atoms with E-state index in [-0.39, 0.29) is 18.1 Å². The largest absolute Gasteiger partial charge is 0.392 e. The van der Waals surface area contributed by atoms with Crippen LogP contribution in [0.1, 0.15) is 46.0 Å². The topological polar surface area (TPSA) is 43.8 Å². The van der Waals surface area contributed by atoms with Crippen molar-refractivity contribution in [2.45, 2.75) is 64.1 Å². The van der Waals surface area contributed by atoms with Crippen molar-refractivity contribution in [1.82, 2.24) is 9.80 Å². The Labute approximate surface area is 110 Å². The standard InChI is InChI=1S/C14H26N2O2/c1-3-12-6-4-5-8-16(12)14(18)11(2)15-9-7-13(17)10-15/h11-13,17H,3-10H2,1-2H3. The molecule has 3 atom stereocenters. The maximum absolute atomic E-state index is 12.6. The van der Waals surface area contributed by atoms with Crippen molar-refractivity contribution in [2.24, 2.45) is 0 Å². The molecule has 0 saturated carbocycles. The van der Waals surface area contributed by atoms with Gasteiger partial charge in [0.2, 0.25) is 5.91 Å². The molecule has 0 spiro atoms. The summed E-state index contributed by atoms with van der Waals surface area (Å²) in [6, 6.07) is 0.357. The van der Waals surface area contributed by atoms with Gasteiger partial charge in [-0.05, 0) is 39.0 Å². The van der Waals surface area contributed by atoms with Gasteiger partial charge in [-0.25, -0.2) is 0 Å². The third kappa shape index (κ3) is 2.86. The molecule has 2 heterocycles. The second-order valence-corrected chi connectivity index (χ2v) is 5.70. The van der Waals surface area contributed by atoms with Crippen LogP contribution in [0.15, 0.2) is 0 Å². The van der Waals surface area contributed by atoms with Gasteiger partial charge in [0.25, 0.3) is 0 Å². The first kappa shape index (κ1) is 13.8. The highest BCUT2D eigenvalue weighted by atomic mass is 16.3. The van der Waals surface area contributed by atoms with Gasteiger partial charge in [0.05, 0.1) is 12.1 Å². The van der Waals surface area contributed by atoms with Crippen LogP contribution in [0.25, 0.3) is 0 Å². The fourth-order valence-electron chi connectivity index (χ4n) is 3.23. The number of β-amino-alcohol motifs (C(OH)–C–C–N with tert-alkyl or cyclic N) is 1. The monoisotopic (exact) mass is 254 g/mol. The predicted octanol–water partition coefficient (Wildman–Crippen LogP) is 1.23. The maximum atomic E-state index is 12.6. The van der Waals surface area contributed by atoms with Gasteiger partial charge in [-0.2, -0.15) is 0 Å². The van der Waals surface area contributed by atoms with Crippen LogP contribution in [0.2, 0.25) is 0 Å². The van der Waals surface area contributed by atoms with E-state index in [1.807, 2.05) is 6.92 Å². The first-order valence-corrected chi connectivity index (χ1v) is 7.36. The molecule has 0 aromatic carbocycles. The van der Waals surface area contributed by atoms with Crippen molar-refractivity contribution in [1.29, 1.82) is 0 Å². The third-order valence-electron chi connectivity index (χ3n) is 4.48. The maximum Gasteiger partial charge on any atom is 0.239 e. The average molecular weight is 254 g/mol. The molecule has 18 heavy (non-hydrogen) atoms. The van der Waals surface area contributed by atoms with Gasteiger partial charge < -0.3 is 10.0 Å². The van der Waals surface area contributed by atoms with Crippen molar-refractivity contribution in [2.75, 3.05) is 19.6 Å². The van der Waals surface area contributed by atoms with Gasteiger partial charge in [-0.1, -0.05) is 6.92 Å². The Morgan fingerprint density at radius 3 is 2.72 bits per heavy atom. The number of hydrogen-bond donors (Lipinski definition) is 1. The molecule has 104 valence electrons. The van der Waals surface area contributed by atoms with E-state index < -0.39 is 0 Å². The van der Waals surface area contributed by atoms with Crippen molar-refractivity contribution in [3.63, 3.8) is 0 Å². The number of aliphatic hydroxyl groups is 1. The fourth-order valence-corrected chi connectivity index (χ4v) is 3.23. The van der Waals surface area contributed by atoms with Gasteiger partial charge in [-0.3, -0.25) is 9.69 Å². The zero-order valence-corrected chi connectivity index (χ0v) is 11.6. The first-order chi connectivity index (χ1) is 8.63. The van der Waals surface area contributed by atoms with Crippen LogP contribution in [-0.4, -0.2) is 58.6 Å². The van der Waals surface area contributed by atoms with Crippen LogP contribution in [0, 0.1) is 0 Å². The van der Waals surface area contributed by atoms with E-state index in [0.717, 1.165) is 38.8 Å². The van der Waals surface area contributed by atoms with E-state index in [1.165, 1.54) is 6.42 Å². The van der Waals surface area contributed by atoms with Crippen LogP contribution < -0.4 is 0 Å². The molecule has 2 fully saturated rings. The Morgan fingerprint density at radius 2 is 2.11 bits per heavy atom. The number of rotatable bonds is 3. The van der Waals surface area contributed by atoms with Crippen molar-refractivity contribution >= 4 is 5.91 Å². The van der Waals surface area contributed by atoms with E-state index in [9.17, 15) is 9.90 Å². The Bertz CT molecular complexity index is 296. The number of nitrogens with zero attached hydrogens (tertiary/aromatic N) is 2. The van der Waals surface area contributed by atoms with Gasteiger partial charge in [0.1, 0.15) is 0 Å². The summed E-state index contributed by atoms with van der Waals surface area (Å²) in [5.41, 5.74) is 0. The number of piperidine rings is 1. The molecule has 2 rings (SSSR count). The molecule has 2 aliphatic heterocycles. The summed E-state index contributed by atoms with van der Waals surface area (Å²) >= 11 is 0. The van der Waals surface area contributed by atoms with Crippen molar-refractivity contribution < 1.29 is 9.90 Å². The lowest BCUT2D eigenvalue weighted by atomic mass is 9.99. The molecule has 0 bridgehead atoms. The minimum absolute atomic E-state index is 0.0747. The van der Waals surface area contributed by atoms with Gasteiger partial charge in [0, 0.05) is 25.7 Å². The van der Waals surface area contributed by atoms with Gasteiger partial charge in [-0.15, -0.1) is 0 Å². The molecule has 2 aliphatic rings. The normalized spacial score (nSPS) is 31.6. The lowest BCUT2D eigenvalue weighted by molar-refractivity contribution is -0.140. The molecular formula is C14H26N2O2. The molecule has 1 N–H and O–H groups in total. The zero-order chi connectivity index (χ0) is 13.1. The molecule has 0 radical (unpaired) electrons. The summed E-state index contributed by atoms with van der Waals surface area (Å²) in [6.07, 6.45) is 5.15. The van der Waals surface area contributed by atoms with Crippen molar-refractivity contribution in [3.05, 3.63) is 0 Å². The number of likely N-dealkylation sites (tertiary alicyclic amines) is 2. The smallest absolute Gasteiger partial charge is 0.239 e. The summed E-state index contributed by atoms with van der Waals surface area (Å²) in [5.74, 6) is 0.260. The molecule has 0 aromatic heterocycles. The molecule has 3 unspecified atom stereocenters. The predicted molar refractivity (Wildman–Crippen MR) is 71.3 cm³/mol. The minimum Gasteiger partial charge on any atom is -0.392 e. The zero-order valence-electron chi connectivity index (χ0n) is 11.6. The molecular weight excluding hydrogens is 228 g/mol. The van der Waals surface area contributed by atoms with Crippen LogP contribution in [0.4, 0.5) is 0 Å². The summed E-state index contributed by atoms with van der Waals surface area (Å²) in [6.45, 7) is 6.57. The summed E-state index contributed by atoms with van der Waals surface area (Å²) in [4.78, 5) is 16.8. The van der Waals surface area contributed by atoms with Gasteiger partial charge >= 0.3 is 0 Å². The molecule has 4 nitrogen and oxygen atoms in total. The number of carbonyl (C=O) groups excluding carboxylic acids is 1. The van der Waals surface area contributed by atoms with Crippen LogP contribution in [0.5, 0.6) is 0 Å². The number of aliphatic hydroxyl groups excluding tert-OH is 1. The van der Waals surface area contributed by atoms with Crippen LogP contribution >= 0.6 is 0 Å². The molecule has 4 heteroatoms. The summed E-state index contributed by atoms with van der Waals surface area (Å²) in [7, 11) is 0. The van der Waals surface area contributed by atoms with E-state index in [4.69, 9.17) is 0 Å². The molecule has 2 saturated heterocycles. The second kappa shape index (κ2) is 6.02.